The highest BCUT2D eigenvalue weighted by atomic mass is 19.3. The number of carboxylic acid groups (broad SMARTS) is 1. The second-order valence-corrected chi connectivity index (χ2v) is 5.37. The molecule has 0 spiro atoms. The fourth-order valence-corrected chi connectivity index (χ4v) is 2.44. The Morgan fingerprint density at radius 3 is 2.67 bits per heavy atom. The van der Waals surface area contributed by atoms with Crippen LogP contribution in [0, 0.1) is 0 Å². The van der Waals surface area contributed by atoms with Crippen LogP contribution in [0.15, 0.2) is 18.2 Å². The SMILES string of the molecule is CC(NC(=O)N1C(=O)C[C@H]1C(=O)O)c1ccc2c(c1)OC(F)(F)O2. The van der Waals surface area contributed by atoms with Crippen LogP contribution in [0.25, 0.3) is 0 Å². The van der Waals surface area contributed by atoms with E-state index in [1.807, 2.05) is 0 Å². The molecule has 1 aromatic rings. The number of aliphatic carboxylic acids is 1. The first kappa shape index (κ1) is 16.0. The number of amides is 3. The molecule has 0 bridgehead atoms. The van der Waals surface area contributed by atoms with Crippen LogP contribution >= 0.6 is 0 Å². The molecule has 2 N–H and O–H groups in total. The maximum Gasteiger partial charge on any atom is 0.586 e. The van der Waals surface area contributed by atoms with Crippen LogP contribution in [0.4, 0.5) is 13.6 Å². The van der Waals surface area contributed by atoms with Gasteiger partial charge in [0, 0.05) is 0 Å². The summed E-state index contributed by atoms with van der Waals surface area (Å²) in [6.45, 7) is 1.55. The number of carbonyl (C=O) groups is 3. The standard InChI is InChI=1S/C14H12F2N2O6/c1-6(17-13(22)18-8(12(20)21)5-11(18)19)7-2-3-9-10(4-7)24-14(15,16)23-9/h2-4,6,8H,5H2,1H3,(H,17,22)(H,20,21)/t6?,8-/m0/s1. The predicted octanol–water partition coefficient (Wildman–Crippen LogP) is 1.46. The molecular weight excluding hydrogens is 330 g/mol. The second-order valence-electron chi connectivity index (χ2n) is 5.37. The minimum absolute atomic E-state index is 0.133. The first-order valence-electron chi connectivity index (χ1n) is 6.93. The summed E-state index contributed by atoms with van der Waals surface area (Å²) in [7, 11) is 0. The van der Waals surface area contributed by atoms with Gasteiger partial charge in [-0.25, -0.2) is 14.5 Å². The third kappa shape index (κ3) is 2.70. The minimum Gasteiger partial charge on any atom is -0.480 e. The number of likely N-dealkylation sites (tertiary alicyclic amines) is 1. The zero-order chi connectivity index (χ0) is 17.6. The van der Waals surface area contributed by atoms with E-state index < -0.39 is 36.3 Å². The number of fused-ring (bicyclic) bond motifs is 1. The monoisotopic (exact) mass is 342 g/mol. The molecule has 3 amide bonds. The highest BCUT2D eigenvalue weighted by molar-refractivity contribution is 6.05. The van der Waals surface area contributed by atoms with Gasteiger partial charge in [0.25, 0.3) is 0 Å². The molecule has 2 atom stereocenters. The Balaban J connectivity index is 1.70. The average molecular weight is 342 g/mol. The lowest BCUT2D eigenvalue weighted by Crippen LogP contribution is -2.61. The Hall–Kier alpha value is -2.91. The van der Waals surface area contributed by atoms with Crippen LogP contribution in [-0.4, -0.2) is 40.3 Å². The third-order valence-electron chi connectivity index (χ3n) is 3.72. The fourth-order valence-electron chi connectivity index (χ4n) is 2.44. The number of β-lactam (4-membered cyclic amide) rings is 1. The Labute approximate surface area is 133 Å². The number of nitrogens with zero attached hydrogens (tertiary/aromatic N) is 1. The first-order chi connectivity index (χ1) is 11.2. The number of ether oxygens (including phenoxy) is 2. The normalized spacial score (nSPS) is 21.9. The van der Waals surface area contributed by atoms with Gasteiger partial charge in [-0.2, -0.15) is 0 Å². The number of urea groups is 1. The lowest BCUT2D eigenvalue weighted by molar-refractivity contribution is -0.286. The second kappa shape index (κ2) is 5.32. The largest absolute Gasteiger partial charge is 0.586 e. The van der Waals surface area contributed by atoms with E-state index in [1.165, 1.54) is 18.2 Å². The number of hydrogen-bond donors (Lipinski definition) is 2. The summed E-state index contributed by atoms with van der Waals surface area (Å²) in [5, 5.41) is 11.3. The zero-order valence-corrected chi connectivity index (χ0v) is 12.3. The van der Waals surface area contributed by atoms with Gasteiger partial charge in [0.15, 0.2) is 11.5 Å². The van der Waals surface area contributed by atoms with Gasteiger partial charge < -0.3 is 19.9 Å². The van der Waals surface area contributed by atoms with Gasteiger partial charge in [0.2, 0.25) is 5.91 Å². The van der Waals surface area contributed by atoms with Gasteiger partial charge in [-0.1, -0.05) is 6.07 Å². The van der Waals surface area contributed by atoms with Crippen LogP contribution in [0.2, 0.25) is 0 Å². The summed E-state index contributed by atoms with van der Waals surface area (Å²) >= 11 is 0. The van der Waals surface area contributed by atoms with Gasteiger partial charge in [0.05, 0.1) is 12.5 Å². The molecule has 0 radical (unpaired) electrons. The molecule has 128 valence electrons. The lowest BCUT2D eigenvalue weighted by Gasteiger charge is -2.36. The van der Waals surface area contributed by atoms with E-state index in [0.29, 0.717) is 10.5 Å². The number of rotatable bonds is 3. The van der Waals surface area contributed by atoms with Crippen molar-refractivity contribution in [1.29, 1.82) is 0 Å². The predicted molar refractivity (Wildman–Crippen MR) is 72.5 cm³/mol. The Kier molecular flexibility index (Phi) is 3.54. The topological polar surface area (TPSA) is 105 Å². The number of alkyl halides is 2. The van der Waals surface area contributed by atoms with Crippen molar-refractivity contribution in [2.45, 2.75) is 31.7 Å². The number of carboxylic acids is 1. The molecule has 1 aromatic carbocycles. The van der Waals surface area contributed by atoms with Crippen LogP contribution in [0.5, 0.6) is 11.5 Å². The van der Waals surface area contributed by atoms with Gasteiger partial charge in [-0.15, -0.1) is 8.78 Å². The molecule has 24 heavy (non-hydrogen) atoms. The quantitative estimate of drug-likeness (QED) is 0.806. The number of benzene rings is 1. The summed E-state index contributed by atoms with van der Waals surface area (Å²) in [5.41, 5.74) is 0.420. The molecule has 8 nitrogen and oxygen atoms in total. The molecule has 3 rings (SSSR count). The fraction of sp³-hybridized carbons (Fsp3) is 0.357. The summed E-state index contributed by atoms with van der Waals surface area (Å²) < 4.78 is 34.6. The van der Waals surface area contributed by atoms with Crippen LogP contribution in [0.3, 0.4) is 0 Å². The van der Waals surface area contributed by atoms with Gasteiger partial charge >= 0.3 is 18.3 Å². The maximum atomic E-state index is 13.0. The molecule has 0 aromatic heterocycles. The summed E-state index contributed by atoms with van der Waals surface area (Å²) in [6.07, 6.45) is -3.98. The molecule has 0 saturated carbocycles. The number of carbonyl (C=O) groups excluding carboxylic acids is 2. The molecule has 2 aliphatic rings. The molecule has 0 aliphatic carbocycles. The van der Waals surface area contributed by atoms with Crippen LogP contribution in [-0.2, 0) is 9.59 Å². The summed E-state index contributed by atoms with van der Waals surface area (Å²) in [6, 6.07) is 1.25. The average Bonchev–Trinajstić information content (AvgIpc) is 2.76. The van der Waals surface area contributed by atoms with E-state index in [9.17, 15) is 23.2 Å². The number of nitrogens with one attached hydrogen (secondary N) is 1. The molecule has 1 unspecified atom stereocenters. The number of hydrogen-bond acceptors (Lipinski definition) is 5. The van der Waals surface area contributed by atoms with Crippen molar-refractivity contribution < 1.29 is 37.7 Å². The van der Waals surface area contributed by atoms with Crippen molar-refractivity contribution in [3.05, 3.63) is 23.8 Å². The highest BCUT2D eigenvalue weighted by Crippen LogP contribution is 2.42. The lowest BCUT2D eigenvalue weighted by atomic mass is 10.0. The number of imide groups is 1. The molecule has 10 heteroatoms. The maximum absolute atomic E-state index is 13.0. The van der Waals surface area contributed by atoms with Gasteiger partial charge in [-0.3, -0.25) is 4.79 Å². The third-order valence-corrected chi connectivity index (χ3v) is 3.72. The summed E-state index contributed by atoms with van der Waals surface area (Å²) in [5.74, 6) is -2.19. The molecule has 1 fully saturated rings. The van der Waals surface area contributed by atoms with Crippen molar-refractivity contribution >= 4 is 17.9 Å². The van der Waals surface area contributed by atoms with E-state index in [-0.39, 0.29) is 17.9 Å². The van der Waals surface area contributed by atoms with E-state index in [4.69, 9.17) is 5.11 Å². The van der Waals surface area contributed by atoms with Crippen molar-refractivity contribution in [3.8, 4) is 11.5 Å². The van der Waals surface area contributed by atoms with E-state index in [2.05, 4.69) is 14.8 Å². The van der Waals surface area contributed by atoms with Crippen molar-refractivity contribution in [1.82, 2.24) is 10.2 Å². The first-order valence-corrected chi connectivity index (χ1v) is 6.93. The van der Waals surface area contributed by atoms with Crippen molar-refractivity contribution in [3.63, 3.8) is 0 Å². The summed E-state index contributed by atoms with van der Waals surface area (Å²) in [4.78, 5) is 35.0. The number of halogens is 2. The zero-order valence-electron chi connectivity index (χ0n) is 12.3. The van der Waals surface area contributed by atoms with E-state index in [1.54, 1.807) is 6.92 Å². The molecule has 1 saturated heterocycles. The Morgan fingerprint density at radius 1 is 1.38 bits per heavy atom. The van der Waals surface area contributed by atoms with Crippen molar-refractivity contribution in [2.24, 2.45) is 0 Å². The Morgan fingerprint density at radius 2 is 2.04 bits per heavy atom. The van der Waals surface area contributed by atoms with E-state index in [0.717, 1.165) is 0 Å². The van der Waals surface area contributed by atoms with Gasteiger partial charge in [0.1, 0.15) is 6.04 Å². The minimum atomic E-state index is -3.74. The Bertz CT molecular complexity index is 738. The van der Waals surface area contributed by atoms with Gasteiger partial charge in [-0.05, 0) is 24.6 Å². The van der Waals surface area contributed by atoms with Crippen molar-refractivity contribution in [2.75, 3.05) is 0 Å². The van der Waals surface area contributed by atoms with Crippen LogP contribution < -0.4 is 14.8 Å². The van der Waals surface area contributed by atoms with Crippen LogP contribution in [0.1, 0.15) is 24.9 Å². The van der Waals surface area contributed by atoms with E-state index >= 15 is 0 Å². The highest BCUT2D eigenvalue weighted by Gasteiger charge is 2.46. The molecule has 2 heterocycles. The molecular formula is C14H12F2N2O6. The molecule has 2 aliphatic heterocycles. The smallest absolute Gasteiger partial charge is 0.480 e.